The molecule has 190 valence electrons. The third kappa shape index (κ3) is 8.73. The summed E-state index contributed by atoms with van der Waals surface area (Å²) in [7, 11) is 0. The van der Waals surface area contributed by atoms with Gasteiger partial charge in [0.25, 0.3) is 0 Å². The normalized spacial score (nSPS) is 17.3. The van der Waals surface area contributed by atoms with E-state index in [4.69, 9.17) is 10.8 Å². The van der Waals surface area contributed by atoms with E-state index in [1.54, 1.807) is 6.92 Å². The number of aliphatic hydroxyl groups excluding tert-OH is 2. The maximum Gasteiger partial charge on any atom is 0.328 e. The van der Waals surface area contributed by atoms with E-state index >= 15 is 0 Å². The Morgan fingerprint density at radius 2 is 1.29 bits per heavy atom. The predicted molar refractivity (Wildman–Crippen MR) is 124 cm³/mol. The van der Waals surface area contributed by atoms with Crippen LogP contribution < -0.4 is 21.7 Å². The highest BCUT2D eigenvalue weighted by Gasteiger charge is 2.35. The Hall–Kier alpha value is -3.02. The van der Waals surface area contributed by atoms with Crippen LogP contribution in [-0.4, -0.2) is 75.4 Å². The fraction of sp³-hybridized carbons (Fsp3) is 0.565. The molecule has 0 heterocycles. The molecule has 11 heteroatoms. The Balaban J connectivity index is 2.95. The topological polar surface area (TPSA) is 191 Å². The van der Waals surface area contributed by atoms with Crippen LogP contribution in [0.1, 0.15) is 39.7 Å². The highest BCUT2D eigenvalue weighted by atomic mass is 16.4. The van der Waals surface area contributed by atoms with E-state index < -0.39 is 60.1 Å². The van der Waals surface area contributed by atoms with E-state index in [0.717, 1.165) is 5.56 Å². The minimum Gasteiger partial charge on any atom is -0.480 e. The zero-order valence-electron chi connectivity index (χ0n) is 19.9. The molecule has 0 bridgehead atoms. The van der Waals surface area contributed by atoms with Crippen LogP contribution >= 0.6 is 0 Å². The number of nitrogens with one attached hydrogen (secondary N) is 3. The fourth-order valence-electron chi connectivity index (χ4n) is 3.20. The molecule has 0 aliphatic rings. The van der Waals surface area contributed by atoms with Gasteiger partial charge in [-0.25, -0.2) is 4.79 Å². The van der Waals surface area contributed by atoms with Crippen LogP contribution in [0.5, 0.6) is 0 Å². The number of hydrogen-bond donors (Lipinski definition) is 7. The number of carbonyl (C=O) groups excluding carboxylic acids is 3. The molecule has 0 saturated heterocycles. The zero-order chi connectivity index (χ0) is 26.0. The van der Waals surface area contributed by atoms with Gasteiger partial charge in [-0.05, 0) is 31.7 Å². The number of amides is 3. The van der Waals surface area contributed by atoms with Gasteiger partial charge in [0, 0.05) is 0 Å². The van der Waals surface area contributed by atoms with Crippen molar-refractivity contribution in [2.24, 2.45) is 11.7 Å². The third-order valence-corrected chi connectivity index (χ3v) is 5.54. The van der Waals surface area contributed by atoms with Crippen molar-refractivity contribution < 1.29 is 34.5 Å². The first-order chi connectivity index (χ1) is 15.9. The summed E-state index contributed by atoms with van der Waals surface area (Å²) in [5.74, 6) is -4.10. The summed E-state index contributed by atoms with van der Waals surface area (Å²) in [5.41, 5.74) is 6.87. The van der Waals surface area contributed by atoms with E-state index in [0.29, 0.717) is 6.42 Å². The Morgan fingerprint density at radius 1 is 0.824 bits per heavy atom. The lowest BCUT2D eigenvalue weighted by Crippen LogP contribution is -2.61. The van der Waals surface area contributed by atoms with E-state index in [9.17, 15) is 29.4 Å². The molecule has 11 nitrogen and oxygen atoms in total. The summed E-state index contributed by atoms with van der Waals surface area (Å²) in [5, 5.41) is 35.9. The number of rotatable bonds is 13. The lowest BCUT2D eigenvalue weighted by atomic mass is 9.96. The first-order valence-electron chi connectivity index (χ1n) is 11.2. The van der Waals surface area contributed by atoms with Crippen molar-refractivity contribution in [3.05, 3.63) is 35.9 Å². The van der Waals surface area contributed by atoms with Crippen LogP contribution in [-0.2, 0) is 25.6 Å². The molecular weight excluding hydrogens is 444 g/mol. The molecule has 7 atom stereocenters. The standard InChI is InChI=1S/C23H36N4O7/c1-5-12(2)17(25-20(30)16(24)11-15-9-7-6-8-10-15)21(31)26-18(13(3)28)22(32)27-19(14(4)29)23(33)34/h6-10,12-14,16-19,28-29H,5,11,24H2,1-4H3,(H,25,30)(H,26,31)(H,27,32)(H,33,34). The van der Waals surface area contributed by atoms with Gasteiger partial charge in [-0.15, -0.1) is 0 Å². The van der Waals surface area contributed by atoms with Crippen LogP contribution in [0.25, 0.3) is 0 Å². The molecule has 1 aromatic rings. The number of aliphatic hydroxyl groups is 2. The van der Waals surface area contributed by atoms with Crippen LogP contribution in [0.15, 0.2) is 30.3 Å². The zero-order valence-corrected chi connectivity index (χ0v) is 19.9. The van der Waals surface area contributed by atoms with Gasteiger partial charge in [0.2, 0.25) is 17.7 Å². The molecule has 34 heavy (non-hydrogen) atoms. The number of nitrogens with two attached hydrogens (primary N) is 1. The second-order valence-electron chi connectivity index (χ2n) is 8.46. The average molecular weight is 481 g/mol. The van der Waals surface area contributed by atoms with Gasteiger partial charge < -0.3 is 37.0 Å². The molecule has 0 aliphatic heterocycles. The number of carboxylic acid groups (broad SMARTS) is 1. The van der Waals surface area contributed by atoms with E-state index in [1.165, 1.54) is 13.8 Å². The summed E-state index contributed by atoms with van der Waals surface area (Å²) < 4.78 is 0. The van der Waals surface area contributed by atoms with Crippen molar-refractivity contribution in [2.45, 2.75) is 76.9 Å². The first-order valence-corrected chi connectivity index (χ1v) is 11.2. The molecule has 1 rings (SSSR count). The van der Waals surface area contributed by atoms with Gasteiger partial charge in [0.15, 0.2) is 6.04 Å². The van der Waals surface area contributed by atoms with Crippen LogP contribution in [0, 0.1) is 5.92 Å². The number of benzene rings is 1. The SMILES string of the molecule is CCC(C)C(NC(=O)C(N)Cc1ccccc1)C(=O)NC(C(=O)NC(C(=O)O)C(C)O)C(C)O. The Labute approximate surface area is 199 Å². The molecule has 0 spiro atoms. The van der Waals surface area contributed by atoms with Crippen LogP contribution in [0.3, 0.4) is 0 Å². The molecule has 0 aliphatic carbocycles. The third-order valence-electron chi connectivity index (χ3n) is 5.54. The number of carboxylic acids is 1. The molecule has 0 saturated carbocycles. The molecule has 0 radical (unpaired) electrons. The molecular formula is C23H36N4O7. The minimum absolute atomic E-state index is 0.260. The summed E-state index contributed by atoms with van der Waals surface area (Å²) in [6.45, 7) is 5.98. The number of hydrogen-bond acceptors (Lipinski definition) is 7. The Bertz CT molecular complexity index is 832. The Morgan fingerprint density at radius 3 is 1.76 bits per heavy atom. The molecule has 3 amide bonds. The highest BCUT2D eigenvalue weighted by molar-refractivity contribution is 5.94. The Kier molecular flexibility index (Phi) is 11.6. The monoisotopic (exact) mass is 480 g/mol. The predicted octanol–water partition coefficient (Wildman–Crippen LogP) is -1.10. The molecule has 0 aromatic heterocycles. The maximum atomic E-state index is 13.0. The second kappa shape index (κ2) is 13.6. The van der Waals surface area contributed by atoms with Crippen molar-refractivity contribution in [3.8, 4) is 0 Å². The summed E-state index contributed by atoms with van der Waals surface area (Å²) in [4.78, 5) is 49.5. The lowest BCUT2D eigenvalue weighted by Gasteiger charge is -2.29. The maximum absolute atomic E-state index is 13.0. The van der Waals surface area contributed by atoms with Crippen molar-refractivity contribution in [1.29, 1.82) is 0 Å². The lowest BCUT2D eigenvalue weighted by molar-refractivity contribution is -0.146. The molecule has 1 aromatic carbocycles. The highest BCUT2D eigenvalue weighted by Crippen LogP contribution is 2.10. The summed E-state index contributed by atoms with van der Waals surface area (Å²) >= 11 is 0. The smallest absolute Gasteiger partial charge is 0.328 e. The number of carbonyl (C=O) groups is 4. The van der Waals surface area contributed by atoms with Gasteiger partial charge in [-0.2, -0.15) is 0 Å². The quantitative estimate of drug-likeness (QED) is 0.185. The molecule has 7 unspecified atom stereocenters. The number of aliphatic carboxylic acids is 1. The van der Waals surface area contributed by atoms with Crippen molar-refractivity contribution >= 4 is 23.7 Å². The van der Waals surface area contributed by atoms with Crippen molar-refractivity contribution in [3.63, 3.8) is 0 Å². The summed E-state index contributed by atoms with van der Waals surface area (Å²) in [6.07, 6.45) is -2.03. The van der Waals surface area contributed by atoms with Gasteiger partial charge in [0.05, 0.1) is 18.2 Å². The van der Waals surface area contributed by atoms with Gasteiger partial charge in [0.1, 0.15) is 12.1 Å². The van der Waals surface area contributed by atoms with Crippen molar-refractivity contribution in [2.75, 3.05) is 0 Å². The van der Waals surface area contributed by atoms with Crippen LogP contribution in [0.4, 0.5) is 0 Å². The first kappa shape index (κ1) is 29.0. The average Bonchev–Trinajstić information content (AvgIpc) is 2.78. The second-order valence-corrected chi connectivity index (χ2v) is 8.46. The van der Waals surface area contributed by atoms with Gasteiger partial charge >= 0.3 is 5.97 Å². The van der Waals surface area contributed by atoms with E-state index in [1.807, 2.05) is 37.3 Å². The minimum atomic E-state index is -1.63. The van der Waals surface area contributed by atoms with Crippen LogP contribution in [0.2, 0.25) is 0 Å². The van der Waals surface area contributed by atoms with Gasteiger partial charge in [-0.3, -0.25) is 14.4 Å². The molecule has 0 fully saturated rings. The molecule has 8 N–H and O–H groups in total. The largest absolute Gasteiger partial charge is 0.480 e. The van der Waals surface area contributed by atoms with Crippen molar-refractivity contribution in [1.82, 2.24) is 16.0 Å². The summed E-state index contributed by atoms with van der Waals surface area (Å²) in [6, 6.07) is 4.02. The fourth-order valence-corrected chi connectivity index (χ4v) is 3.20. The van der Waals surface area contributed by atoms with E-state index in [2.05, 4.69) is 16.0 Å². The van der Waals surface area contributed by atoms with E-state index in [-0.39, 0.29) is 12.3 Å². The van der Waals surface area contributed by atoms with Gasteiger partial charge in [-0.1, -0.05) is 50.6 Å².